The van der Waals surface area contributed by atoms with Crippen LogP contribution in [-0.4, -0.2) is 12.5 Å². The third kappa shape index (κ3) is 0.845. The number of para-hydroxylation sites is 2. The van der Waals surface area contributed by atoms with Crippen LogP contribution >= 0.6 is 0 Å². The molecule has 1 unspecified atom stereocenters. The van der Waals surface area contributed by atoms with Crippen molar-refractivity contribution >= 4 is 17.7 Å². The number of rotatable bonds is 1. The van der Waals surface area contributed by atoms with Gasteiger partial charge in [0.1, 0.15) is 0 Å². The van der Waals surface area contributed by atoms with Gasteiger partial charge in [-0.25, -0.2) is 0 Å². The number of anilines is 2. The van der Waals surface area contributed by atoms with E-state index in [1.807, 2.05) is 0 Å². The van der Waals surface area contributed by atoms with Crippen LogP contribution in [0, 0.1) is 0 Å². The SMILES string of the molecule is O=CC1Nc2ccccc2N1F. The van der Waals surface area contributed by atoms with Crippen molar-refractivity contribution in [1.29, 1.82) is 0 Å². The molecule has 1 aliphatic heterocycles. The van der Waals surface area contributed by atoms with E-state index < -0.39 is 6.17 Å². The Morgan fingerprint density at radius 3 is 2.92 bits per heavy atom. The highest BCUT2D eigenvalue weighted by Crippen LogP contribution is 2.33. The summed E-state index contributed by atoms with van der Waals surface area (Å²) in [6.07, 6.45) is -0.345. The number of aldehydes is 1. The van der Waals surface area contributed by atoms with Crippen LogP contribution in [0.2, 0.25) is 0 Å². The fourth-order valence-electron chi connectivity index (χ4n) is 1.24. The van der Waals surface area contributed by atoms with Crippen LogP contribution in [0.1, 0.15) is 0 Å². The van der Waals surface area contributed by atoms with Gasteiger partial charge in [0.15, 0.2) is 12.5 Å². The Morgan fingerprint density at radius 1 is 1.50 bits per heavy atom. The lowest BCUT2D eigenvalue weighted by atomic mass is 10.3. The average Bonchev–Trinajstić information content (AvgIpc) is 2.44. The fourth-order valence-corrected chi connectivity index (χ4v) is 1.24. The Hall–Kier alpha value is -1.58. The van der Waals surface area contributed by atoms with Crippen LogP contribution in [0.15, 0.2) is 24.3 Å². The van der Waals surface area contributed by atoms with Crippen molar-refractivity contribution in [2.45, 2.75) is 6.17 Å². The maximum Gasteiger partial charge on any atom is 0.186 e. The van der Waals surface area contributed by atoms with Crippen molar-refractivity contribution in [3.05, 3.63) is 24.3 Å². The van der Waals surface area contributed by atoms with E-state index in [0.29, 0.717) is 22.8 Å². The number of hydrogen-bond acceptors (Lipinski definition) is 3. The fraction of sp³-hybridized carbons (Fsp3) is 0.125. The molecule has 0 saturated heterocycles. The summed E-state index contributed by atoms with van der Waals surface area (Å²) in [5, 5.41) is 3.14. The summed E-state index contributed by atoms with van der Waals surface area (Å²) in [5.74, 6) is 0. The first-order chi connectivity index (χ1) is 5.83. The summed E-state index contributed by atoms with van der Waals surface area (Å²) >= 11 is 0. The van der Waals surface area contributed by atoms with Gasteiger partial charge in [-0.1, -0.05) is 16.6 Å². The summed E-state index contributed by atoms with van der Waals surface area (Å²) in [6.45, 7) is 0. The minimum absolute atomic E-state index is 0.412. The topological polar surface area (TPSA) is 32.3 Å². The van der Waals surface area contributed by atoms with E-state index in [0.717, 1.165) is 0 Å². The van der Waals surface area contributed by atoms with Crippen molar-refractivity contribution in [1.82, 2.24) is 0 Å². The second-order valence-electron chi connectivity index (χ2n) is 2.55. The number of nitrogens with one attached hydrogen (secondary N) is 1. The maximum absolute atomic E-state index is 13.1. The molecule has 0 spiro atoms. The van der Waals surface area contributed by atoms with Crippen molar-refractivity contribution < 1.29 is 9.28 Å². The van der Waals surface area contributed by atoms with Crippen LogP contribution in [-0.2, 0) is 4.79 Å². The van der Waals surface area contributed by atoms with Crippen molar-refractivity contribution in [3.63, 3.8) is 0 Å². The molecule has 0 aliphatic carbocycles. The standard InChI is InChI=1S/C8H7FN2O/c9-11-7-4-2-1-3-6(7)10-8(11)5-12/h1-5,8,10H. The molecule has 12 heavy (non-hydrogen) atoms. The highest BCUT2D eigenvalue weighted by Gasteiger charge is 2.27. The Labute approximate surface area is 68.7 Å². The van der Waals surface area contributed by atoms with Crippen molar-refractivity contribution in [2.24, 2.45) is 0 Å². The minimum Gasteiger partial charge on any atom is -0.356 e. The monoisotopic (exact) mass is 166 g/mol. The third-order valence-corrected chi connectivity index (χ3v) is 1.81. The van der Waals surface area contributed by atoms with Gasteiger partial charge in [-0.3, -0.25) is 4.79 Å². The first kappa shape index (κ1) is 7.09. The molecule has 1 N–H and O–H groups in total. The van der Waals surface area contributed by atoms with E-state index in [-0.39, 0.29) is 0 Å². The van der Waals surface area contributed by atoms with Gasteiger partial charge < -0.3 is 5.32 Å². The smallest absolute Gasteiger partial charge is 0.186 e. The molecule has 0 amide bonds. The van der Waals surface area contributed by atoms with Crippen LogP contribution in [0.4, 0.5) is 15.9 Å². The number of nitrogens with zero attached hydrogens (tertiary/aromatic N) is 1. The normalized spacial score (nSPS) is 20.1. The Bertz CT molecular complexity index is 316. The Morgan fingerprint density at radius 2 is 2.25 bits per heavy atom. The van der Waals surface area contributed by atoms with Crippen LogP contribution in [0.5, 0.6) is 0 Å². The molecule has 0 radical (unpaired) electrons. The molecule has 2 rings (SSSR count). The first-order valence-corrected chi connectivity index (χ1v) is 3.59. The van der Waals surface area contributed by atoms with Crippen LogP contribution in [0.3, 0.4) is 0 Å². The Kier molecular flexibility index (Phi) is 1.46. The van der Waals surface area contributed by atoms with Gasteiger partial charge in [0.25, 0.3) is 0 Å². The van der Waals surface area contributed by atoms with Gasteiger partial charge in [0.05, 0.1) is 11.4 Å². The zero-order valence-corrected chi connectivity index (χ0v) is 6.20. The molecule has 62 valence electrons. The molecular weight excluding hydrogens is 159 g/mol. The molecule has 0 fully saturated rings. The van der Waals surface area contributed by atoms with Gasteiger partial charge >= 0.3 is 0 Å². The van der Waals surface area contributed by atoms with Gasteiger partial charge in [0.2, 0.25) is 0 Å². The number of fused-ring (bicyclic) bond motifs is 1. The van der Waals surface area contributed by atoms with Crippen LogP contribution < -0.4 is 10.4 Å². The lowest BCUT2D eigenvalue weighted by Gasteiger charge is -2.09. The molecule has 1 aromatic carbocycles. The predicted octanol–water partition coefficient (Wildman–Crippen LogP) is 1.33. The molecule has 1 atom stereocenters. The number of carbonyl (C=O) groups excluding carboxylic acids is 1. The van der Waals surface area contributed by atoms with E-state index in [2.05, 4.69) is 5.32 Å². The molecule has 0 saturated carbocycles. The second-order valence-corrected chi connectivity index (χ2v) is 2.55. The van der Waals surface area contributed by atoms with E-state index in [1.54, 1.807) is 24.3 Å². The molecule has 1 aliphatic rings. The predicted molar refractivity (Wildman–Crippen MR) is 43.5 cm³/mol. The van der Waals surface area contributed by atoms with Gasteiger partial charge in [-0.05, 0) is 12.1 Å². The van der Waals surface area contributed by atoms with E-state index in [4.69, 9.17) is 0 Å². The zero-order valence-electron chi connectivity index (χ0n) is 6.20. The summed E-state index contributed by atoms with van der Waals surface area (Å²) in [5.41, 5.74) is 1.06. The lowest BCUT2D eigenvalue weighted by molar-refractivity contribution is -0.108. The van der Waals surface area contributed by atoms with Gasteiger partial charge in [0, 0.05) is 0 Å². The molecule has 1 aromatic rings. The molecule has 4 heteroatoms. The number of benzene rings is 1. The highest BCUT2D eigenvalue weighted by molar-refractivity contribution is 5.82. The van der Waals surface area contributed by atoms with Crippen molar-refractivity contribution in [3.8, 4) is 0 Å². The van der Waals surface area contributed by atoms with Gasteiger partial charge in [-0.15, -0.1) is 0 Å². The summed E-state index contributed by atoms with van der Waals surface area (Å²) in [7, 11) is 0. The van der Waals surface area contributed by atoms with E-state index in [1.165, 1.54) is 0 Å². The van der Waals surface area contributed by atoms with E-state index in [9.17, 15) is 9.28 Å². The molecule has 1 heterocycles. The minimum atomic E-state index is -0.873. The summed E-state index contributed by atoms with van der Waals surface area (Å²) in [6, 6.07) is 6.85. The maximum atomic E-state index is 13.1. The lowest BCUT2D eigenvalue weighted by Crippen LogP contribution is -2.30. The van der Waals surface area contributed by atoms with E-state index >= 15 is 0 Å². The zero-order chi connectivity index (χ0) is 8.55. The summed E-state index contributed by atoms with van der Waals surface area (Å²) in [4.78, 5) is 10.3. The van der Waals surface area contributed by atoms with Gasteiger partial charge in [-0.2, -0.15) is 5.12 Å². The highest BCUT2D eigenvalue weighted by atomic mass is 19.2. The van der Waals surface area contributed by atoms with Crippen LogP contribution in [0.25, 0.3) is 0 Å². The first-order valence-electron chi connectivity index (χ1n) is 3.59. The third-order valence-electron chi connectivity index (χ3n) is 1.81. The average molecular weight is 166 g/mol. The largest absolute Gasteiger partial charge is 0.356 e. The molecule has 0 aromatic heterocycles. The second kappa shape index (κ2) is 2.48. The quantitative estimate of drug-likeness (QED) is 0.504. The molecule has 0 bridgehead atoms. The Balaban J connectivity index is 2.41. The summed E-state index contributed by atoms with van der Waals surface area (Å²) < 4.78 is 13.1. The number of halogens is 1. The molecular formula is C8H7FN2O. The molecule has 3 nitrogen and oxygen atoms in total. The van der Waals surface area contributed by atoms with Crippen molar-refractivity contribution in [2.75, 3.05) is 10.4 Å². The number of hydrogen-bond donors (Lipinski definition) is 1. The number of carbonyl (C=O) groups is 1.